The molecule has 0 unspecified atom stereocenters. The van der Waals surface area contributed by atoms with Gasteiger partial charge in [-0.05, 0) is 57.4 Å². The molecule has 0 atom stereocenters. The molecule has 2 aliphatic rings. The van der Waals surface area contributed by atoms with Crippen LogP contribution in [-0.4, -0.2) is 35.5 Å². The lowest BCUT2D eigenvalue weighted by Crippen LogP contribution is -2.38. The Bertz CT molecular complexity index is 686. The molecule has 0 spiro atoms. The highest BCUT2D eigenvalue weighted by Gasteiger charge is 2.41. The Kier molecular flexibility index (Phi) is 4.22. The first-order valence-electron chi connectivity index (χ1n) is 8.31. The number of aliphatic hydroxyl groups excluding tert-OH is 1. The fraction of sp³-hybridized carbons (Fsp3) is 0.444. The number of carbonyl (C=O) groups is 2. The van der Waals surface area contributed by atoms with E-state index in [4.69, 9.17) is 0 Å². The van der Waals surface area contributed by atoms with E-state index < -0.39 is 17.4 Å². The summed E-state index contributed by atoms with van der Waals surface area (Å²) in [7, 11) is 0. The van der Waals surface area contributed by atoms with Gasteiger partial charge in [0.25, 0.3) is 11.8 Å². The topological polar surface area (TPSA) is 81.7 Å². The number of anilines is 2. The van der Waals surface area contributed by atoms with E-state index in [9.17, 15) is 14.7 Å². The van der Waals surface area contributed by atoms with Crippen LogP contribution in [0.15, 0.2) is 35.6 Å². The van der Waals surface area contributed by atoms with Gasteiger partial charge in [0.15, 0.2) is 0 Å². The maximum Gasteiger partial charge on any atom is 0.264 e. The van der Waals surface area contributed by atoms with Gasteiger partial charge in [-0.1, -0.05) is 0 Å². The minimum Gasteiger partial charge on any atom is -0.509 e. The number of nitrogens with zero attached hydrogens (tertiary/aromatic N) is 1. The number of amides is 2. The average molecular weight is 329 g/mol. The number of nitrogens with one attached hydrogen (secondary N) is 2. The fourth-order valence-electron chi connectivity index (χ4n) is 3.14. The van der Waals surface area contributed by atoms with Crippen LogP contribution in [0.5, 0.6) is 0 Å². The molecule has 0 bridgehead atoms. The summed E-state index contributed by atoms with van der Waals surface area (Å²) < 4.78 is 0. The van der Waals surface area contributed by atoms with Crippen molar-refractivity contribution in [2.24, 2.45) is 0 Å². The lowest BCUT2D eigenvalue weighted by molar-refractivity contribution is -0.121. The van der Waals surface area contributed by atoms with Gasteiger partial charge in [-0.15, -0.1) is 0 Å². The van der Waals surface area contributed by atoms with Gasteiger partial charge in [-0.25, -0.2) is 0 Å². The molecule has 1 fully saturated rings. The fourth-order valence-corrected chi connectivity index (χ4v) is 3.14. The normalized spacial score (nSPS) is 20.1. The van der Waals surface area contributed by atoms with E-state index in [-0.39, 0.29) is 11.3 Å². The van der Waals surface area contributed by atoms with Gasteiger partial charge in [-0.2, -0.15) is 0 Å². The van der Waals surface area contributed by atoms with Gasteiger partial charge >= 0.3 is 0 Å². The van der Waals surface area contributed by atoms with Crippen molar-refractivity contribution in [1.82, 2.24) is 5.32 Å². The lowest BCUT2D eigenvalue weighted by Gasteiger charge is -2.28. The van der Waals surface area contributed by atoms with Crippen molar-refractivity contribution in [1.29, 1.82) is 0 Å². The second-order valence-corrected chi connectivity index (χ2v) is 6.85. The van der Waals surface area contributed by atoms with Crippen LogP contribution >= 0.6 is 0 Å². The number of piperidine rings is 1. The van der Waals surface area contributed by atoms with Crippen LogP contribution in [0.4, 0.5) is 11.4 Å². The third-order valence-corrected chi connectivity index (χ3v) is 4.56. The Labute approximate surface area is 141 Å². The standard InChI is InChI=1S/C18H23N3O3/c1-18(2)15(22)14(17(24)20-18)16(23)19-12-6-8-13(9-7-12)21-10-4-3-5-11-21/h6-9,22H,3-5,10-11H2,1-2H3,(H,19,23)(H,20,24). The van der Waals surface area contributed by atoms with Gasteiger partial charge in [0, 0.05) is 24.5 Å². The molecule has 6 heteroatoms. The maximum atomic E-state index is 12.3. The Morgan fingerprint density at radius 1 is 1.17 bits per heavy atom. The van der Waals surface area contributed by atoms with E-state index in [0.29, 0.717) is 5.69 Å². The number of benzene rings is 1. The van der Waals surface area contributed by atoms with Crippen molar-refractivity contribution in [3.05, 3.63) is 35.6 Å². The van der Waals surface area contributed by atoms with E-state index in [0.717, 1.165) is 18.8 Å². The summed E-state index contributed by atoms with van der Waals surface area (Å²) >= 11 is 0. The van der Waals surface area contributed by atoms with Crippen LogP contribution in [0, 0.1) is 0 Å². The zero-order chi connectivity index (χ0) is 17.3. The van der Waals surface area contributed by atoms with Gasteiger partial charge in [-0.3, -0.25) is 9.59 Å². The number of hydrogen-bond donors (Lipinski definition) is 3. The summed E-state index contributed by atoms with van der Waals surface area (Å²) in [6, 6.07) is 7.57. The number of aliphatic hydroxyl groups is 1. The molecular formula is C18H23N3O3. The summed E-state index contributed by atoms with van der Waals surface area (Å²) in [4.78, 5) is 26.5. The van der Waals surface area contributed by atoms with Crippen molar-refractivity contribution in [2.45, 2.75) is 38.6 Å². The maximum absolute atomic E-state index is 12.3. The van der Waals surface area contributed by atoms with Gasteiger partial charge in [0.2, 0.25) is 0 Å². The summed E-state index contributed by atoms with van der Waals surface area (Å²) in [6.45, 7) is 5.41. The van der Waals surface area contributed by atoms with Crippen LogP contribution in [0.1, 0.15) is 33.1 Å². The highest BCUT2D eigenvalue weighted by molar-refractivity contribution is 6.24. The van der Waals surface area contributed by atoms with E-state index in [1.807, 2.05) is 24.3 Å². The highest BCUT2D eigenvalue weighted by Crippen LogP contribution is 2.26. The Morgan fingerprint density at radius 2 is 1.79 bits per heavy atom. The van der Waals surface area contributed by atoms with Crippen molar-refractivity contribution >= 4 is 23.2 Å². The summed E-state index contributed by atoms with van der Waals surface area (Å²) in [5, 5.41) is 15.3. The predicted molar refractivity (Wildman–Crippen MR) is 93.0 cm³/mol. The molecular weight excluding hydrogens is 306 g/mol. The Morgan fingerprint density at radius 3 is 2.33 bits per heavy atom. The van der Waals surface area contributed by atoms with Gasteiger partial charge in [0.05, 0.1) is 5.54 Å². The first-order chi connectivity index (χ1) is 11.4. The molecule has 3 rings (SSSR count). The molecule has 1 aromatic carbocycles. The van der Waals surface area contributed by atoms with Crippen LogP contribution in [0.2, 0.25) is 0 Å². The van der Waals surface area contributed by atoms with Gasteiger partial charge < -0.3 is 20.6 Å². The monoisotopic (exact) mass is 329 g/mol. The molecule has 1 saturated heterocycles. The largest absolute Gasteiger partial charge is 0.509 e. The molecule has 6 nitrogen and oxygen atoms in total. The number of carbonyl (C=O) groups excluding carboxylic acids is 2. The Hall–Kier alpha value is -2.50. The van der Waals surface area contributed by atoms with Crippen LogP contribution in [0.3, 0.4) is 0 Å². The zero-order valence-corrected chi connectivity index (χ0v) is 14.1. The first kappa shape index (κ1) is 16.4. The van der Waals surface area contributed by atoms with Crippen molar-refractivity contribution in [2.75, 3.05) is 23.3 Å². The molecule has 0 radical (unpaired) electrons. The van der Waals surface area contributed by atoms with E-state index >= 15 is 0 Å². The predicted octanol–water partition coefficient (Wildman–Crippen LogP) is 2.34. The average Bonchev–Trinajstić information content (AvgIpc) is 2.76. The zero-order valence-electron chi connectivity index (χ0n) is 14.1. The minimum absolute atomic E-state index is 0.222. The number of hydrogen-bond acceptors (Lipinski definition) is 4. The third kappa shape index (κ3) is 3.09. The highest BCUT2D eigenvalue weighted by atomic mass is 16.3. The van der Waals surface area contributed by atoms with Crippen LogP contribution in [0.25, 0.3) is 0 Å². The lowest BCUT2D eigenvalue weighted by atomic mass is 10.0. The smallest absolute Gasteiger partial charge is 0.264 e. The van der Waals surface area contributed by atoms with E-state index in [1.165, 1.54) is 19.3 Å². The second kappa shape index (κ2) is 6.19. The molecule has 3 N–H and O–H groups in total. The quantitative estimate of drug-likeness (QED) is 0.744. The summed E-state index contributed by atoms with van der Waals surface area (Å²) in [6.07, 6.45) is 3.69. The molecule has 2 aliphatic heterocycles. The third-order valence-electron chi connectivity index (χ3n) is 4.56. The molecule has 0 aliphatic carbocycles. The number of rotatable bonds is 3. The SMILES string of the molecule is CC1(C)NC(=O)C(C(=O)Nc2ccc(N3CCCCC3)cc2)=C1O. The van der Waals surface area contributed by atoms with E-state index in [1.54, 1.807) is 13.8 Å². The first-order valence-corrected chi connectivity index (χ1v) is 8.31. The van der Waals surface area contributed by atoms with Crippen molar-refractivity contribution < 1.29 is 14.7 Å². The van der Waals surface area contributed by atoms with E-state index in [2.05, 4.69) is 15.5 Å². The minimum atomic E-state index is -0.915. The molecule has 2 amide bonds. The van der Waals surface area contributed by atoms with Gasteiger partial charge in [0.1, 0.15) is 11.3 Å². The summed E-state index contributed by atoms with van der Waals surface area (Å²) in [5.74, 6) is -1.38. The van der Waals surface area contributed by atoms with Crippen LogP contribution < -0.4 is 15.5 Å². The molecule has 1 aromatic rings. The van der Waals surface area contributed by atoms with Crippen LogP contribution in [-0.2, 0) is 9.59 Å². The second-order valence-electron chi connectivity index (χ2n) is 6.85. The van der Waals surface area contributed by atoms with Crippen molar-refractivity contribution in [3.63, 3.8) is 0 Å². The molecule has 24 heavy (non-hydrogen) atoms. The summed E-state index contributed by atoms with van der Waals surface area (Å²) in [5.41, 5.74) is 0.593. The molecule has 128 valence electrons. The van der Waals surface area contributed by atoms with Crippen molar-refractivity contribution in [3.8, 4) is 0 Å². The Balaban J connectivity index is 1.71. The molecule has 0 saturated carbocycles. The molecule has 0 aromatic heterocycles. The molecule has 2 heterocycles.